The van der Waals surface area contributed by atoms with Gasteiger partial charge in [0.25, 0.3) is 5.56 Å². The van der Waals surface area contributed by atoms with Crippen LogP contribution in [0.4, 0.5) is 0 Å². The number of carboxylic acid groups (broad SMARTS) is 1. The molecule has 1 aromatic heterocycles. The molecule has 7 heteroatoms. The van der Waals surface area contributed by atoms with Crippen molar-refractivity contribution in [3.05, 3.63) is 52.4 Å². The van der Waals surface area contributed by atoms with E-state index in [9.17, 15) is 24.6 Å². The van der Waals surface area contributed by atoms with Crippen molar-refractivity contribution in [2.75, 3.05) is 0 Å². The number of carbonyl (C=O) groups is 2. The van der Waals surface area contributed by atoms with Gasteiger partial charge >= 0.3 is 11.9 Å². The first-order valence-corrected chi connectivity index (χ1v) is 7.56. The van der Waals surface area contributed by atoms with E-state index in [0.717, 1.165) is 4.57 Å². The van der Waals surface area contributed by atoms with E-state index in [1.165, 1.54) is 18.3 Å². The molecule has 0 radical (unpaired) electrons. The van der Waals surface area contributed by atoms with Crippen molar-refractivity contribution in [3.8, 4) is 16.9 Å². The molecule has 7 nitrogen and oxygen atoms in total. The summed E-state index contributed by atoms with van der Waals surface area (Å²) in [6.07, 6.45) is 1.33. The number of ether oxygens (including phenoxy) is 1. The average Bonchev–Trinajstić information content (AvgIpc) is 2.47. The number of carbonyl (C=O) groups excluding carboxylic acids is 1. The highest BCUT2D eigenvalue weighted by Crippen LogP contribution is 2.28. The number of benzene rings is 1. The van der Waals surface area contributed by atoms with Crippen molar-refractivity contribution >= 4 is 11.9 Å². The Morgan fingerprint density at radius 3 is 2.40 bits per heavy atom. The fraction of sp³-hybridized carbons (Fsp3) is 0.278. The molecule has 0 spiro atoms. The molecule has 2 N–H and O–H groups in total. The summed E-state index contributed by atoms with van der Waals surface area (Å²) in [5, 5.41) is 19.2. The van der Waals surface area contributed by atoms with Crippen LogP contribution in [0.15, 0.2) is 41.3 Å². The maximum absolute atomic E-state index is 12.3. The normalized spacial score (nSPS) is 11.2. The first-order valence-electron chi connectivity index (χ1n) is 7.56. The molecule has 0 aliphatic carbocycles. The van der Waals surface area contributed by atoms with Crippen LogP contribution in [0.3, 0.4) is 0 Å². The van der Waals surface area contributed by atoms with Crippen molar-refractivity contribution in [1.82, 2.24) is 4.57 Å². The minimum atomic E-state index is -1.42. The number of aromatic carboxylic acids is 1. The van der Waals surface area contributed by atoms with Crippen LogP contribution in [0.2, 0.25) is 0 Å². The molecule has 0 saturated heterocycles. The highest BCUT2D eigenvalue weighted by atomic mass is 16.6. The van der Waals surface area contributed by atoms with E-state index < -0.39 is 35.2 Å². The quantitative estimate of drug-likeness (QED) is 0.824. The number of nitrogens with zero attached hydrogens (tertiary/aromatic N) is 1. The minimum Gasteiger partial charge on any atom is -0.507 e. The summed E-state index contributed by atoms with van der Waals surface area (Å²) < 4.78 is 6.14. The molecule has 0 fully saturated rings. The second-order valence-corrected chi connectivity index (χ2v) is 6.48. The second kappa shape index (κ2) is 6.80. The lowest BCUT2D eigenvalue weighted by Crippen LogP contribution is -2.32. The van der Waals surface area contributed by atoms with Gasteiger partial charge < -0.3 is 19.5 Å². The van der Waals surface area contributed by atoms with Crippen LogP contribution < -0.4 is 5.56 Å². The molecule has 0 saturated carbocycles. The van der Waals surface area contributed by atoms with Crippen LogP contribution in [0.5, 0.6) is 5.75 Å². The Balaban J connectivity index is 2.53. The van der Waals surface area contributed by atoms with Crippen LogP contribution in [0, 0.1) is 0 Å². The summed E-state index contributed by atoms with van der Waals surface area (Å²) in [7, 11) is 0. The summed E-state index contributed by atoms with van der Waals surface area (Å²) in [6.45, 7) is 4.64. The molecule has 0 bridgehead atoms. The van der Waals surface area contributed by atoms with Gasteiger partial charge in [0.2, 0.25) is 0 Å². The molecule has 0 aliphatic heterocycles. The molecule has 1 heterocycles. The zero-order valence-corrected chi connectivity index (χ0v) is 14.1. The van der Waals surface area contributed by atoms with Gasteiger partial charge in [-0.2, -0.15) is 0 Å². The van der Waals surface area contributed by atoms with Crippen molar-refractivity contribution in [2.45, 2.75) is 32.9 Å². The predicted molar refractivity (Wildman–Crippen MR) is 90.6 cm³/mol. The molecule has 0 unspecified atom stereocenters. The lowest BCUT2D eigenvalue weighted by atomic mass is 10.0. The number of esters is 1. The van der Waals surface area contributed by atoms with E-state index >= 15 is 0 Å². The number of aromatic nitrogens is 1. The average molecular weight is 345 g/mol. The smallest absolute Gasteiger partial charge is 0.341 e. The lowest BCUT2D eigenvalue weighted by molar-refractivity contribution is -0.155. The molecule has 0 atom stereocenters. The predicted octanol–water partition coefficient (Wildman–Crippen LogP) is 2.26. The number of phenols is 1. The number of para-hydroxylation sites is 1. The number of hydrogen-bond acceptors (Lipinski definition) is 5. The SMILES string of the molecule is CC(C)(C)OC(=O)Cn1cc(-c2ccccc2O)cc(C(=O)O)c1=O. The number of aromatic hydroxyl groups is 1. The highest BCUT2D eigenvalue weighted by molar-refractivity contribution is 5.89. The third-order valence-corrected chi connectivity index (χ3v) is 3.25. The molecular weight excluding hydrogens is 326 g/mol. The monoisotopic (exact) mass is 345 g/mol. The Morgan fingerprint density at radius 1 is 1.20 bits per heavy atom. The maximum atomic E-state index is 12.3. The number of hydrogen-bond donors (Lipinski definition) is 2. The van der Waals surface area contributed by atoms with Crippen molar-refractivity contribution in [3.63, 3.8) is 0 Å². The Morgan fingerprint density at radius 2 is 1.84 bits per heavy atom. The van der Waals surface area contributed by atoms with Crippen LogP contribution in [-0.4, -0.2) is 32.3 Å². The van der Waals surface area contributed by atoms with Gasteiger partial charge in [0.1, 0.15) is 23.5 Å². The van der Waals surface area contributed by atoms with Crippen LogP contribution in [0.1, 0.15) is 31.1 Å². The Hall–Kier alpha value is -3.09. The summed E-state index contributed by atoms with van der Waals surface area (Å²) in [5.74, 6) is -2.15. The zero-order chi connectivity index (χ0) is 18.8. The summed E-state index contributed by atoms with van der Waals surface area (Å²) in [4.78, 5) is 35.7. The van der Waals surface area contributed by atoms with Gasteiger partial charge in [0.05, 0.1) is 0 Å². The van der Waals surface area contributed by atoms with Crippen molar-refractivity contribution in [1.29, 1.82) is 0 Å². The molecule has 1 aromatic carbocycles. The first kappa shape index (κ1) is 18.3. The molecule has 132 valence electrons. The molecule has 0 amide bonds. The summed E-state index contributed by atoms with van der Waals surface area (Å²) in [6, 6.07) is 7.48. The van der Waals surface area contributed by atoms with E-state index in [1.807, 2.05) is 0 Å². The molecule has 2 aromatic rings. The zero-order valence-electron chi connectivity index (χ0n) is 14.1. The van der Waals surface area contributed by atoms with Gasteiger partial charge in [-0.3, -0.25) is 9.59 Å². The minimum absolute atomic E-state index is 0.0682. The number of phenolic OH excluding ortho intramolecular Hbond substituents is 1. The van der Waals surface area contributed by atoms with Crippen molar-refractivity contribution < 1.29 is 24.5 Å². The van der Waals surface area contributed by atoms with Gasteiger partial charge in [0.15, 0.2) is 0 Å². The van der Waals surface area contributed by atoms with Crippen LogP contribution in [-0.2, 0) is 16.1 Å². The summed E-state index contributed by atoms with van der Waals surface area (Å²) >= 11 is 0. The van der Waals surface area contributed by atoms with Gasteiger partial charge in [-0.1, -0.05) is 18.2 Å². The van der Waals surface area contributed by atoms with E-state index in [0.29, 0.717) is 11.1 Å². The van der Waals surface area contributed by atoms with Crippen LogP contribution >= 0.6 is 0 Å². The first-order chi connectivity index (χ1) is 11.6. The van der Waals surface area contributed by atoms with E-state index in [4.69, 9.17) is 4.74 Å². The third kappa shape index (κ3) is 4.47. The van der Waals surface area contributed by atoms with E-state index in [2.05, 4.69) is 0 Å². The summed E-state index contributed by atoms with van der Waals surface area (Å²) in [5.41, 5.74) is -1.39. The van der Waals surface area contributed by atoms with Gasteiger partial charge in [0, 0.05) is 17.3 Å². The molecule has 2 rings (SSSR count). The maximum Gasteiger partial charge on any atom is 0.341 e. The number of carboxylic acids is 1. The molecule has 25 heavy (non-hydrogen) atoms. The topological polar surface area (TPSA) is 106 Å². The Kier molecular flexibility index (Phi) is 4.97. The van der Waals surface area contributed by atoms with Gasteiger partial charge in [-0.15, -0.1) is 0 Å². The fourth-order valence-electron chi connectivity index (χ4n) is 2.28. The van der Waals surface area contributed by atoms with Crippen molar-refractivity contribution in [2.24, 2.45) is 0 Å². The largest absolute Gasteiger partial charge is 0.507 e. The van der Waals surface area contributed by atoms with E-state index in [-0.39, 0.29) is 5.75 Å². The third-order valence-electron chi connectivity index (χ3n) is 3.25. The van der Waals surface area contributed by atoms with Gasteiger partial charge in [-0.25, -0.2) is 4.79 Å². The number of rotatable bonds is 4. The lowest BCUT2D eigenvalue weighted by Gasteiger charge is -2.20. The standard InChI is InChI=1S/C18H19NO6/c1-18(2,3)25-15(21)10-19-9-11(8-13(16(19)22)17(23)24)12-6-4-5-7-14(12)20/h4-9,20H,10H2,1-3H3,(H,23,24). The van der Waals surface area contributed by atoms with Gasteiger partial charge in [-0.05, 0) is 32.9 Å². The Bertz CT molecular complexity index is 876. The molecule has 0 aliphatic rings. The van der Waals surface area contributed by atoms with Crippen LogP contribution in [0.25, 0.3) is 11.1 Å². The van der Waals surface area contributed by atoms with E-state index in [1.54, 1.807) is 39.0 Å². The number of pyridine rings is 1. The second-order valence-electron chi connectivity index (χ2n) is 6.48. The highest BCUT2D eigenvalue weighted by Gasteiger charge is 2.20. The fourth-order valence-corrected chi connectivity index (χ4v) is 2.28. The molecular formula is C18H19NO6. The Labute approximate surface area is 144 Å².